The Morgan fingerprint density at radius 2 is 2.00 bits per heavy atom. The molecular formula is C14H20O4. The minimum atomic E-state index is -0.420. The van der Waals surface area contributed by atoms with Crippen molar-refractivity contribution in [2.45, 2.75) is 38.1 Å². The molecule has 3 unspecified atom stereocenters. The highest BCUT2D eigenvalue weighted by molar-refractivity contribution is 5.39. The van der Waals surface area contributed by atoms with Gasteiger partial charge in [0.05, 0.1) is 13.2 Å². The third-order valence-corrected chi connectivity index (χ3v) is 3.08. The van der Waals surface area contributed by atoms with Gasteiger partial charge in [-0.1, -0.05) is 19.1 Å². The molecule has 1 aromatic rings. The van der Waals surface area contributed by atoms with Crippen LogP contribution < -0.4 is 9.47 Å². The number of hydrogen-bond acceptors (Lipinski definition) is 4. The highest BCUT2D eigenvalue weighted by atomic mass is 16.6. The highest BCUT2D eigenvalue weighted by Crippen LogP contribution is 2.33. The van der Waals surface area contributed by atoms with Crippen LogP contribution in [0.5, 0.6) is 11.5 Å². The Bertz CT molecular complexity index is 380. The Morgan fingerprint density at radius 3 is 2.61 bits per heavy atom. The van der Waals surface area contributed by atoms with Crippen LogP contribution >= 0.6 is 0 Å². The first-order chi connectivity index (χ1) is 8.76. The fourth-order valence-corrected chi connectivity index (χ4v) is 2.02. The monoisotopic (exact) mass is 252 g/mol. The number of benzene rings is 1. The van der Waals surface area contributed by atoms with E-state index in [0.29, 0.717) is 24.5 Å². The van der Waals surface area contributed by atoms with Crippen molar-refractivity contribution in [1.29, 1.82) is 0 Å². The molecule has 1 aliphatic carbocycles. The molecule has 0 amide bonds. The van der Waals surface area contributed by atoms with Gasteiger partial charge >= 0.3 is 0 Å². The normalized spacial score (nSPS) is 26.5. The van der Waals surface area contributed by atoms with Gasteiger partial charge < -0.3 is 19.3 Å². The lowest BCUT2D eigenvalue weighted by atomic mass is 9.88. The third-order valence-electron chi connectivity index (χ3n) is 3.08. The lowest BCUT2D eigenvalue weighted by Crippen LogP contribution is -2.55. The van der Waals surface area contributed by atoms with E-state index in [1.165, 1.54) is 0 Å². The predicted octanol–water partition coefficient (Wildman–Crippen LogP) is 2.00. The SMILES string of the molecule is CCCOC1C(O)CC1Oc1ccccc1OC. The minimum Gasteiger partial charge on any atom is -0.493 e. The summed E-state index contributed by atoms with van der Waals surface area (Å²) in [5.74, 6) is 1.40. The van der Waals surface area contributed by atoms with Crippen LogP contribution in [0.25, 0.3) is 0 Å². The van der Waals surface area contributed by atoms with Crippen molar-refractivity contribution in [3.63, 3.8) is 0 Å². The second-order valence-electron chi connectivity index (χ2n) is 4.45. The topological polar surface area (TPSA) is 47.9 Å². The summed E-state index contributed by atoms with van der Waals surface area (Å²) in [5, 5.41) is 9.67. The van der Waals surface area contributed by atoms with Crippen LogP contribution in [0.1, 0.15) is 19.8 Å². The standard InChI is InChI=1S/C14H20O4/c1-3-8-17-14-10(15)9-13(14)18-12-7-5-4-6-11(12)16-2/h4-7,10,13-15H,3,8-9H2,1-2H3. The van der Waals surface area contributed by atoms with Gasteiger partial charge in [0.25, 0.3) is 0 Å². The molecule has 0 saturated heterocycles. The zero-order chi connectivity index (χ0) is 13.0. The average molecular weight is 252 g/mol. The van der Waals surface area contributed by atoms with Crippen molar-refractivity contribution in [2.75, 3.05) is 13.7 Å². The van der Waals surface area contributed by atoms with Gasteiger partial charge in [0.15, 0.2) is 11.5 Å². The number of hydrogen-bond donors (Lipinski definition) is 1. The van der Waals surface area contributed by atoms with Gasteiger partial charge in [-0.3, -0.25) is 0 Å². The van der Waals surface area contributed by atoms with E-state index in [1.54, 1.807) is 7.11 Å². The quantitative estimate of drug-likeness (QED) is 0.841. The number of ether oxygens (including phenoxy) is 3. The molecule has 3 atom stereocenters. The van der Waals surface area contributed by atoms with Gasteiger partial charge in [-0.05, 0) is 18.6 Å². The van der Waals surface area contributed by atoms with Crippen LogP contribution in [0.4, 0.5) is 0 Å². The molecule has 4 heteroatoms. The van der Waals surface area contributed by atoms with Crippen LogP contribution in [0, 0.1) is 0 Å². The molecule has 18 heavy (non-hydrogen) atoms. The van der Waals surface area contributed by atoms with E-state index in [0.717, 1.165) is 6.42 Å². The molecule has 1 fully saturated rings. The smallest absolute Gasteiger partial charge is 0.161 e. The van der Waals surface area contributed by atoms with Crippen molar-refractivity contribution in [3.8, 4) is 11.5 Å². The van der Waals surface area contributed by atoms with Crippen LogP contribution in [0.2, 0.25) is 0 Å². The van der Waals surface area contributed by atoms with Crippen molar-refractivity contribution in [2.24, 2.45) is 0 Å². The Balaban J connectivity index is 1.96. The minimum absolute atomic E-state index is 0.0946. The summed E-state index contributed by atoms with van der Waals surface area (Å²) in [4.78, 5) is 0. The fraction of sp³-hybridized carbons (Fsp3) is 0.571. The first-order valence-electron chi connectivity index (χ1n) is 6.35. The number of methoxy groups -OCH3 is 1. The average Bonchev–Trinajstić information content (AvgIpc) is 2.39. The van der Waals surface area contributed by atoms with Crippen molar-refractivity contribution < 1.29 is 19.3 Å². The lowest BCUT2D eigenvalue weighted by Gasteiger charge is -2.40. The fourth-order valence-electron chi connectivity index (χ4n) is 2.02. The summed E-state index contributed by atoms with van der Waals surface area (Å²) >= 11 is 0. The summed E-state index contributed by atoms with van der Waals surface area (Å²) in [6, 6.07) is 7.51. The lowest BCUT2D eigenvalue weighted by molar-refractivity contribution is -0.162. The van der Waals surface area contributed by atoms with Gasteiger partial charge in [-0.2, -0.15) is 0 Å². The van der Waals surface area contributed by atoms with Gasteiger partial charge in [0.2, 0.25) is 0 Å². The Kier molecular flexibility index (Phi) is 4.44. The van der Waals surface area contributed by atoms with Gasteiger partial charge in [-0.15, -0.1) is 0 Å². The summed E-state index contributed by atoms with van der Waals surface area (Å²) in [5.41, 5.74) is 0. The summed E-state index contributed by atoms with van der Waals surface area (Å²) in [6.45, 7) is 2.69. The molecular weight excluding hydrogens is 232 g/mol. The molecule has 0 spiro atoms. The van der Waals surface area contributed by atoms with Crippen LogP contribution in [-0.4, -0.2) is 37.1 Å². The predicted molar refractivity (Wildman–Crippen MR) is 68.1 cm³/mol. The molecule has 2 rings (SSSR count). The van der Waals surface area contributed by atoms with Crippen LogP contribution in [0.3, 0.4) is 0 Å². The van der Waals surface area contributed by atoms with E-state index in [1.807, 2.05) is 31.2 Å². The number of para-hydroxylation sites is 2. The zero-order valence-electron chi connectivity index (χ0n) is 10.8. The third kappa shape index (κ3) is 2.76. The number of aliphatic hydroxyl groups is 1. The zero-order valence-corrected chi connectivity index (χ0v) is 10.8. The van der Waals surface area contributed by atoms with Gasteiger partial charge in [0, 0.05) is 13.0 Å². The second-order valence-corrected chi connectivity index (χ2v) is 4.45. The Morgan fingerprint density at radius 1 is 1.28 bits per heavy atom. The molecule has 1 N–H and O–H groups in total. The van der Waals surface area contributed by atoms with Crippen LogP contribution in [0.15, 0.2) is 24.3 Å². The van der Waals surface area contributed by atoms with E-state index >= 15 is 0 Å². The summed E-state index contributed by atoms with van der Waals surface area (Å²) in [7, 11) is 1.61. The Labute approximate surface area is 107 Å². The van der Waals surface area contributed by atoms with Gasteiger partial charge in [0.1, 0.15) is 12.2 Å². The van der Waals surface area contributed by atoms with Crippen molar-refractivity contribution >= 4 is 0 Å². The molecule has 0 heterocycles. The molecule has 1 aromatic carbocycles. The highest BCUT2D eigenvalue weighted by Gasteiger charge is 2.43. The Hall–Kier alpha value is -1.26. The van der Waals surface area contributed by atoms with E-state index in [4.69, 9.17) is 14.2 Å². The van der Waals surface area contributed by atoms with Crippen molar-refractivity contribution in [3.05, 3.63) is 24.3 Å². The molecule has 0 bridgehead atoms. The number of rotatable bonds is 6. The maximum Gasteiger partial charge on any atom is 0.161 e. The van der Waals surface area contributed by atoms with Crippen molar-refractivity contribution in [1.82, 2.24) is 0 Å². The molecule has 1 aliphatic rings. The largest absolute Gasteiger partial charge is 0.493 e. The van der Waals surface area contributed by atoms with E-state index in [2.05, 4.69) is 0 Å². The van der Waals surface area contributed by atoms with Gasteiger partial charge in [-0.25, -0.2) is 0 Å². The molecule has 0 aromatic heterocycles. The molecule has 100 valence electrons. The second kappa shape index (κ2) is 6.07. The molecule has 0 aliphatic heterocycles. The maximum atomic E-state index is 9.67. The van der Waals surface area contributed by atoms with Crippen LogP contribution in [-0.2, 0) is 4.74 Å². The molecule has 4 nitrogen and oxygen atoms in total. The first-order valence-corrected chi connectivity index (χ1v) is 6.35. The van der Waals surface area contributed by atoms with E-state index < -0.39 is 6.10 Å². The molecule has 0 radical (unpaired) electrons. The summed E-state index contributed by atoms with van der Waals surface area (Å²) in [6.07, 6.45) is 0.797. The summed E-state index contributed by atoms with van der Waals surface area (Å²) < 4.78 is 16.7. The molecule has 1 saturated carbocycles. The first kappa shape index (κ1) is 13.2. The number of aliphatic hydroxyl groups excluding tert-OH is 1. The van der Waals surface area contributed by atoms with E-state index in [9.17, 15) is 5.11 Å². The van der Waals surface area contributed by atoms with E-state index in [-0.39, 0.29) is 12.2 Å². The maximum absolute atomic E-state index is 9.67.